The first-order chi connectivity index (χ1) is 12.5. The highest BCUT2D eigenvalue weighted by Crippen LogP contribution is 2.20. The Balaban J connectivity index is 1.48. The molecule has 0 aliphatic heterocycles. The van der Waals surface area contributed by atoms with E-state index in [-0.39, 0.29) is 11.7 Å². The van der Waals surface area contributed by atoms with Crippen LogP contribution in [0.4, 0.5) is 5.69 Å². The highest BCUT2D eigenvalue weighted by Gasteiger charge is 2.12. The third-order valence-electron chi connectivity index (χ3n) is 3.64. The molecule has 1 amide bonds. The SMILES string of the molecule is Cc1nc(Cc2nnc(SCC(=O)Nc3ccc(C(C)C)cc3)o2)cs1. The van der Waals surface area contributed by atoms with E-state index in [1.165, 1.54) is 17.3 Å². The van der Waals surface area contributed by atoms with Gasteiger partial charge in [-0.05, 0) is 30.5 Å². The first-order valence-corrected chi connectivity index (χ1v) is 10.1. The number of benzene rings is 1. The zero-order valence-electron chi connectivity index (χ0n) is 14.9. The van der Waals surface area contributed by atoms with E-state index < -0.39 is 0 Å². The summed E-state index contributed by atoms with van der Waals surface area (Å²) in [6.07, 6.45) is 0.506. The molecule has 0 bridgehead atoms. The Morgan fingerprint density at radius 2 is 2.04 bits per heavy atom. The van der Waals surface area contributed by atoms with Gasteiger partial charge in [-0.15, -0.1) is 21.5 Å². The van der Waals surface area contributed by atoms with Gasteiger partial charge in [0, 0.05) is 11.1 Å². The van der Waals surface area contributed by atoms with Crippen LogP contribution in [0.2, 0.25) is 0 Å². The van der Waals surface area contributed by atoms with Gasteiger partial charge in [0.05, 0.1) is 22.9 Å². The van der Waals surface area contributed by atoms with Gasteiger partial charge in [0.25, 0.3) is 5.22 Å². The normalized spacial score (nSPS) is 11.1. The first kappa shape index (κ1) is 18.6. The third kappa shape index (κ3) is 5.15. The Morgan fingerprint density at radius 3 is 2.69 bits per heavy atom. The van der Waals surface area contributed by atoms with E-state index in [9.17, 15) is 4.79 Å². The van der Waals surface area contributed by atoms with Crippen LogP contribution in [0.3, 0.4) is 0 Å². The van der Waals surface area contributed by atoms with Crippen molar-refractivity contribution in [3.05, 3.63) is 51.8 Å². The molecule has 0 radical (unpaired) electrons. The number of nitrogens with one attached hydrogen (secondary N) is 1. The molecule has 0 unspecified atom stereocenters. The van der Waals surface area contributed by atoms with E-state index >= 15 is 0 Å². The Kier molecular flexibility index (Phi) is 6.05. The maximum absolute atomic E-state index is 12.1. The Hall–Kier alpha value is -2.19. The number of aryl methyl sites for hydroxylation is 1. The highest BCUT2D eigenvalue weighted by molar-refractivity contribution is 7.99. The lowest BCUT2D eigenvalue weighted by atomic mass is 10.0. The number of thioether (sulfide) groups is 1. The number of anilines is 1. The molecule has 8 heteroatoms. The van der Waals surface area contributed by atoms with Crippen molar-refractivity contribution in [2.24, 2.45) is 0 Å². The number of hydrogen-bond donors (Lipinski definition) is 1. The van der Waals surface area contributed by atoms with Gasteiger partial charge < -0.3 is 9.73 Å². The summed E-state index contributed by atoms with van der Waals surface area (Å²) in [7, 11) is 0. The van der Waals surface area contributed by atoms with Gasteiger partial charge in [0.15, 0.2) is 0 Å². The van der Waals surface area contributed by atoms with Crippen LogP contribution in [0.15, 0.2) is 39.3 Å². The van der Waals surface area contributed by atoms with Gasteiger partial charge >= 0.3 is 0 Å². The summed E-state index contributed by atoms with van der Waals surface area (Å²) in [6.45, 7) is 6.23. The Morgan fingerprint density at radius 1 is 1.27 bits per heavy atom. The van der Waals surface area contributed by atoms with E-state index in [2.05, 4.69) is 34.3 Å². The van der Waals surface area contributed by atoms with Crippen molar-refractivity contribution in [2.75, 3.05) is 11.1 Å². The van der Waals surface area contributed by atoms with Crippen molar-refractivity contribution in [2.45, 2.75) is 38.3 Å². The molecule has 26 heavy (non-hydrogen) atoms. The molecule has 1 N–H and O–H groups in total. The molecule has 0 fully saturated rings. The minimum Gasteiger partial charge on any atom is -0.416 e. The lowest BCUT2D eigenvalue weighted by molar-refractivity contribution is -0.113. The van der Waals surface area contributed by atoms with Gasteiger partial charge in [-0.3, -0.25) is 4.79 Å². The summed E-state index contributed by atoms with van der Waals surface area (Å²) in [5, 5.41) is 14.2. The Bertz CT molecular complexity index is 871. The van der Waals surface area contributed by atoms with Crippen LogP contribution in [-0.4, -0.2) is 26.8 Å². The van der Waals surface area contributed by atoms with E-state index in [0.717, 1.165) is 16.4 Å². The van der Waals surface area contributed by atoms with Gasteiger partial charge in [-0.1, -0.05) is 37.7 Å². The molecule has 3 rings (SSSR count). The highest BCUT2D eigenvalue weighted by atomic mass is 32.2. The predicted molar refractivity (Wildman–Crippen MR) is 104 cm³/mol. The van der Waals surface area contributed by atoms with Crippen molar-refractivity contribution in [3.63, 3.8) is 0 Å². The second-order valence-electron chi connectivity index (χ2n) is 6.11. The van der Waals surface area contributed by atoms with E-state index in [1.807, 2.05) is 36.6 Å². The maximum Gasteiger partial charge on any atom is 0.277 e. The molecule has 0 aliphatic carbocycles. The molecular formula is C18H20N4O2S2. The van der Waals surface area contributed by atoms with Crippen LogP contribution in [0.25, 0.3) is 0 Å². The molecule has 6 nitrogen and oxygen atoms in total. The van der Waals surface area contributed by atoms with Gasteiger partial charge in [-0.2, -0.15) is 0 Å². The molecule has 0 atom stereocenters. The molecule has 0 spiro atoms. The van der Waals surface area contributed by atoms with E-state index in [0.29, 0.717) is 23.5 Å². The number of amides is 1. The quantitative estimate of drug-likeness (QED) is 0.609. The molecule has 0 saturated heterocycles. The number of rotatable bonds is 7. The zero-order chi connectivity index (χ0) is 18.5. The molecule has 0 aliphatic rings. The predicted octanol–water partition coefficient (Wildman–Crippen LogP) is 4.28. The smallest absolute Gasteiger partial charge is 0.277 e. The lowest BCUT2D eigenvalue weighted by Gasteiger charge is -2.07. The van der Waals surface area contributed by atoms with Crippen LogP contribution in [0, 0.1) is 6.92 Å². The average Bonchev–Trinajstić information content (AvgIpc) is 3.23. The molecular weight excluding hydrogens is 368 g/mol. The van der Waals surface area contributed by atoms with Crippen molar-refractivity contribution in [3.8, 4) is 0 Å². The molecule has 0 saturated carbocycles. The van der Waals surface area contributed by atoms with Crippen molar-refractivity contribution in [1.82, 2.24) is 15.2 Å². The number of nitrogens with zero attached hydrogens (tertiary/aromatic N) is 3. The largest absolute Gasteiger partial charge is 0.416 e. The molecule has 2 heterocycles. The van der Waals surface area contributed by atoms with E-state index in [4.69, 9.17) is 4.42 Å². The third-order valence-corrected chi connectivity index (χ3v) is 5.28. The molecule has 3 aromatic rings. The van der Waals surface area contributed by atoms with Gasteiger partial charge in [0.2, 0.25) is 11.8 Å². The molecule has 136 valence electrons. The summed E-state index contributed by atoms with van der Waals surface area (Å²) in [5.74, 6) is 1.07. The van der Waals surface area contributed by atoms with Gasteiger partial charge in [0.1, 0.15) is 0 Å². The minimum atomic E-state index is -0.109. The maximum atomic E-state index is 12.1. The summed E-state index contributed by atoms with van der Waals surface area (Å²) in [5.41, 5.74) is 2.94. The number of aromatic nitrogens is 3. The van der Waals surface area contributed by atoms with Crippen LogP contribution < -0.4 is 5.32 Å². The fourth-order valence-corrected chi connectivity index (χ4v) is 3.48. The number of hydrogen-bond acceptors (Lipinski definition) is 7. The van der Waals surface area contributed by atoms with E-state index in [1.54, 1.807) is 11.3 Å². The monoisotopic (exact) mass is 388 g/mol. The second kappa shape index (κ2) is 8.46. The average molecular weight is 389 g/mol. The minimum absolute atomic E-state index is 0.109. The molecule has 2 aromatic heterocycles. The molecule has 1 aromatic carbocycles. The van der Waals surface area contributed by atoms with Gasteiger partial charge in [-0.25, -0.2) is 4.98 Å². The zero-order valence-corrected chi connectivity index (χ0v) is 16.5. The number of carbonyl (C=O) groups excluding carboxylic acids is 1. The Labute approximate surface area is 160 Å². The second-order valence-corrected chi connectivity index (χ2v) is 8.10. The summed E-state index contributed by atoms with van der Waals surface area (Å²) < 4.78 is 5.56. The van der Waals surface area contributed by atoms with Crippen LogP contribution in [-0.2, 0) is 11.2 Å². The fraction of sp³-hybridized carbons (Fsp3) is 0.333. The summed E-state index contributed by atoms with van der Waals surface area (Å²) in [4.78, 5) is 16.4. The van der Waals surface area contributed by atoms with Crippen LogP contribution in [0.1, 0.15) is 41.9 Å². The summed E-state index contributed by atoms with van der Waals surface area (Å²) >= 11 is 2.81. The fourth-order valence-electron chi connectivity index (χ4n) is 2.29. The van der Waals surface area contributed by atoms with Crippen molar-refractivity contribution >= 4 is 34.7 Å². The van der Waals surface area contributed by atoms with Crippen LogP contribution in [0.5, 0.6) is 0 Å². The summed E-state index contributed by atoms with van der Waals surface area (Å²) in [6, 6.07) is 7.88. The first-order valence-electron chi connectivity index (χ1n) is 8.25. The lowest BCUT2D eigenvalue weighted by Crippen LogP contribution is -2.14. The van der Waals surface area contributed by atoms with Crippen LogP contribution >= 0.6 is 23.1 Å². The standard InChI is InChI=1S/C18H20N4O2S2/c1-11(2)13-4-6-14(7-5-13)20-16(23)10-26-18-22-21-17(24-18)8-15-9-25-12(3)19-15/h4-7,9,11H,8,10H2,1-3H3,(H,20,23). The number of thiazole rings is 1. The van der Waals surface area contributed by atoms with Crippen molar-refractivity contribution < 1.29 is 9.21 Å². The topological polar surface area (TPSA) is 80.9 Å². The van der Waals surface area contributed by atoms with Crippen molar-refractivity contribution in [1.29, 1.82) is 0 Å². The number of carbonyl (C=O) groups is 1.